The summed E-state index contributed by atoms with van der Waals surface area (Å²) in [6.45, 7) is 1.83. The monoisotopic (exact) mass is 329 g/mol. The number of carboxylic acid groups (broad SMARTS) is 1. The smallest absolute Gasteiger partial charge is 0.451 e. The standard InChI is InChI=1S/C14H28BN3O5/c1-9(16)12(19)18(2)8-11-4-3-10(5-6-15(22)23)7-14(11,17)13(20)21/h9-11,22-23H,3-8,16-17H2,1-2H3,(H,20,21)/t9-,10-,11-,14+/m0/s1. The fourth-order valence-electron chi connectivity index (χ4n) is 3.36. The number of amides is 1. The van der Waals surface area contributed by atoms with Crippen LogP contribution in [0.5, 0.6) is 0 Å². The van der Waals surface area contributed by atoms with Gasteiger partial charge in [0.25, 0.3) is 0 Å². The summed E-state index contributed by atoms with van der Waals surface area (Å²) in [4.78, 5) is 25.0. The van der Waals surface area contributed by atoms with Gasteiger partial charge >= 0.3 is 13.1 Å². The number of hydrogen-bond donors (Lipinski definition) is 5. The van der Waals surface area contributed by atoms with E-state index in [1.807, 2.05) is 0 Å². The first-order chi connectivity index (χ1) is 10.6. The number of aliphatic carboxylic acids is 1. The van der Waals surface area contributed by atoms with Gasteiger partial charge in [0.05, 0.1) is 6.04 Å². The lowest BCUT2D eigenvalue weighted by atomic mass is 9.66. The molecule has 1 rings (SSSR count). The van der Waals surface area contributed by atoms with Crippen LogP contribution < -0.4 is 11.5 Å². The first kappa shape index (κ1) is 19.9. The summed E-state index contributed by atoms with van der Waals surface area (Å²) in [7, 11) is 0.210. The van der Waals surface area contributed by atoms with E-state index >= 15 is 0 Å². The van der Waals surface area contributed by atoms with Crippen molar-refractivity contribution in [3.63, 3.8) is 0 Å². The number of rotatable bonds is 7. The number of carboxylic acids is 1. The molecule has 0 spiro atoms. The number of carbonyl (C=O) groups is 2. The zero-order valence-electron chi connectivity index (χ0n) is 13.8. The first-order valence-electron chi connectivity index (χ1n) is 7.97. The number of likely N-dealkylation sites (N-methyl/N-ethyl adjacent to an activating group) is 1. The van der Waals surface area contributed by atoms with E-state index in [0.29, 0.717) is 12.8 Å². The molecule has 7 N–H and O–H groups in total. The van der Waals surface area contributed by atoms with Crippen molar-refractivity contribution >= 4 is 19.0 Å². The van der Waals surface area contributed by atoms with Gasteiger partial charge < -0.3 is 31.5 Å². The fourth-order valence-corrected chi connectivity index (χ4v) is 3.36. The summed E-state index contributed by atoms with van der Waals surface area (Å²) in [6.07, 6.45) is 2.31. The maximum absolute atomic E-state index is 11.9. The molecule has 1 amide bonds. The summed E-state index contributed by atoms with van der Waals surface area (Å²) in [5.74, 6) is -1.66. The van der Waals surface area contributed by atoms with Crippen molar-refractivity contribution in [2.45, 2.75) is 50.5 Å². The third kappa shape index (κ3) is 5.17. The molecule has 0 saturated heterocycles. The highest BCUT2D eigenvalue weighted by Crippen LogP contribution is 2.38. The molecule has 0 radical (unpaired) electrons. The Bertz CT molecular complexity index is 435. The predicted molar refractivity (Wildman–Crippen MR) is 86.3 cm³/mol. The molecule has 0 heterocycles. The van der Waals surface area contributed by atoms with Crippen LogP contribution in [0.3, 0.4) is 0 Å². The summed E-state index contributed by atoms with van der Waals surface area (Å²) < 4.78 is 0. The van der Waals surface area contributed by atoms with Gasteiger partial charge in [0, 0.05) is 19.5 Å². The quantitative estimate of drug-likeness (QED) is 0.370. The molecule has 4 atom stereocenters. The maximum atomic E-state index is 11.9. The van der Waals surface area contributed by atoms with Gasteiger partial charge in [0.1, 0.15) is 5.54 Å². The van der Waals surface area contributed by atoms with Crippen molar-refractivity contribution in [3.05, 3.63) is 0 Å². The molecule has 0 aromatic rings. The topological polar surface area (TPSA) is 150 Å². The van der Waals surface area contributed by atoms with Crippen molar-refractivity contribution in [1.82, 2.24) is 4.90 Å². The Labute approximate surface area is 137 Å². The molecule has 0 aromatic carbocycles. The lowest BCUT2D eigenvalue weighted by Crippen LogP contribution is -2.60. The van der Waals surface area contributed by atoms with Crippen LogP contribution in [0.1, 0.15) is 32.6 Å². The molecule has 0 aliphatic heterocycles. The lowest BCUT2D eigenvalue weighted by molar-refractivity contribution is -0.149. The number of nitrogens with zero attached hydrogens (tertiary/aromatic N) is 1. The van der Waals surface area contributed by atoms with E-state index < -0.39 is 24.7 Å². The van der Waals surface area contributed by atoms with Gasteiger partial charge in [-0.1, -0.05) is 6.42 Å². The van der Waals surface area contributed by atoms with Crippen molar-refractivity contribution in [2.75, 3.05) is 13.6 Å². The minimum Gasteiger partial charge on any atom is -0.480 e. The van der Waals surface area contributed by atoms with Crippen LogP contribution >= 0.6 is 0 Å². The molecule has 0 aromatic heterocycles. The Morgan fingerprint density at radius 2 is 2.00 bits per heavy atom. The maximum Gasteiger partial charge on any atom is 0.451 e. The van der Waals surface area contributed by atoms with Crippen LogP contribution in [0.15, 0.2) is 0 Å². The number of nitrogens with two attached hydrogens (primary N) is 2. The number of carbonyl (C=O) groups excluding carboxylic acids is 1. The normalized spacial score (nSPS) is 29.0. The van der Waals surface area contributed by atoms with Crippen LogP contribution in [0.2, 0.25) is 6.32 Å². The molecular weight excluding hydrogens is 301 g/mol. The summed E-state index contributed by atoms with van der Waals surface area (Å²) in [5, 5.41) is 27.5. The first-order valence-corrected chi connectivity index (χ1v) is 7.97. The molecule has 8 nitrogen and oxygen atoms in total. The van der Waals surface area contributed by atoms with Gasteiger partial charge in [-0.25, -0.2) is 0 Å². The average molecular weight is 329 g/mol. The Hall–Kier alpha value is -1.16. The summed E-state index contributed by atoms with van der Waals surface area (Å²) >= 11 is 0. The second kappa shape index (κ2) is 8.10. The van der Waals surface area contributed by atoms with Crippen molar-refractivity contribution < 1.29 is 24.7 Å². The van der Waals surface area contributed by atoms with Gasteiger partial charge in [0.15, 0.2) is 0 Å². The van der Waals surface area contributed by atoms with Crippen molar-refractivity contribution in [1.29, 1.82) is 0 Å². The molecule has 132 valence electrons. The Morgan fingerprint density at radius 1 is 1.39 bits per heavy atom. The van der Waals surface area contributed by atoms with Crippen LogP contribution in [0, 0.1) is 11.8 Å². The highest BCUT2D eigenvalue weighted by atomic mass is 16.4. The summed E-state index contributed by atoms with van der Waals surface area (Å²) in [5.41, 5.74) is 10.3. The second-order valence-electron chi connectivity index (χ2n) is 6.76. The van der Waals surface area contributed by atoms with E-state index in [2.05, 4.69) is 0 Å². The zero-order chi connectivity index (χ0) is 17.8. The molecule has 9 heteroatoms. The highest BCUT2D eigenvalue weighted by Gasteiger charge is 2.47. The Balaban J connectivity index is 2.77. The van der Waals surface area contributed by atoms with Gasteiger partial charge in [-0.05, 0) is 38.4 Å². The third-order valence-electron chi connectivity index (χ3n) is 4.77. The van der Waals surface area contributed by atoms with E-state index in [1.54, 1.807) is 14.0 Å². The number of hydrogen-bond acceptors (Lipinski definition) is 6. The molecule has 0 unspecified atom stereocenters. The lowest BCUT2D eigenvalue weighted by Gasteiger charge is -2.43. The third-order valence-corrected chi connectivity index (χ3v) is 4.77. The molecular formula is C14H28BN3O5. The van der Waals surface area contributed by atoms with E-state index in [-0.39, 0.29) is 37.0 Å². The van der Waals surface area contributed by atoms with Crippen LogP contribution in [-0.2, 0) is 9.59 Å². The molecule has 0 bridgehead atoms. The SMILES string of the molecule is C[C@H](N)C(=O)N(C)C[C@@H]1CC[C@@H](CCB(O)O)C[C@]1(N)C(=O)O. The fraction of sp³-hybridized carbons (Fsp3) is 0.857. The largest absolute Gasteiger partial charge is 0.480 e. The van der Waals surface area contributed by atoms with Crippen LogP contribution in [0.25, 0.3) is 0 Å². The Kier molecular flexibility index (Phi) is 7.00. The average Bonchev–Trinajstić information content (AvgIpc) is 2.46. The van der Waals surface area contributed by atoms with Gasteiger partial charge in [-0.2, -0.15) is 0 Å². The van der Waals surface area contributed by atoms with Crippen LogP contribution in [-0.4, -0.2) is 64.2 Å². The van der Waals surface area contributed by atoms with Crippen molar-refractivity contribution in [3.8, 4) is 0 Å². The molecule has 1 saturated carbocycles. The molecule has 1 aliphatic rings. The minimum absolute atomic E-state index is 0.0311. The molecule has 1 fully saturated rings. The van der Waals surface area contributed by atoms with Gasteiger partial charge in [-0.3, -0.25) is 9.59 Å². The van der Waals surface area contributed by atoms with E-state index in [0.717, 1.165) is 6.42 Å². The van der Waals surface area contributed by atoms with Gasteiger partial charge in [0.2, 0.25) is 5.91 Å². The Morgan fingerprint density at radius 3 is 2.48 bits per heavy atom. The molecule has 23 heavy (non-hydrogen) atoms. The highest BCUT2D eigenvalue weighted by molar-refractivity contribution is 6.40. The summed E-state index contributed by atoms with van der Waals surface area (Å²) in [6, 6.07) is -0.639. The molecule has 1 aliphatic carbocycles. The van der Waals surface area contributed by atoms with Gasteiger partial charge in [-0.15, -0.1) is 0 Å². The minimum atomic E-state index is -1.42. The van der Waals surface area contributed by atoms with E-state index in [1.165, 1.54) is 4.90 Å². The second-order valence-corrected chi connectivity index (χ2v) is 6.76. The van der Waals surface area contributed by atoms with Crippen LogP contribution in [0.4, 0.5) is 0 Å². The van der Waals surface area contributed by atoms with Crippen molar-refractivity contribution in [2.24, 2.45) is 23.3 Å². The van der Waals surface area contributed by atoms with E-state index in [4.69, 9.17) is 21.5 Å². The predicted octanol–water partition coefficient (Wildman–Crippen LogP) is -1.15. The van der Waals surface area contributed by atoms with E-state index in [9.17, 15) is 14.7 Å². The zero-order valence-corrected chi connectivity index (χ0v) is 13.8.